The van der Waals surface area contributed by atoms with E-state index in [2.05, 4.69) is 4.72 Å². The lowest BCUT2D eigenvalue weighted by atomic mass is 10.0. The highest BCUT2D eigenvalue weighted by Gasteiger charge is 2.34. The number of benzene rings is 1. The van der Waals surface area contributed by atoms with Crippen molar-refractivity contribution in [3.63, 3.8) is 0 Å². The Kier molecular flexibility index (Phi) is 3.89. The molecule has 0 aliphatic carbocycles. The number of sulfonamides is 1. The monoisotopic (exact) mass is 323 g/mol. The molecule has 1 aromatic rings. The lowest BCUT2D eigenvalue weighted by molar-refractivity contribution is 0.178. The molecule has 1 N–H and O–H groups in total. The highest BCUT2D eigenvalue weighted by atomic mass is 32.3. The van der Waals surface area contributed by atoms with Gasteiger partial charge in [0.05, 0.1) is 21.9 Å². The molecule has 1 aromatic carbocycles. The lowest BCUT2D eigenvalue weighted by Crippen LogP contribution is -2.46. The van der Waals surface area contributed by atoms with Crippen molar-refractivity contribution in [2.45, 2.75) is 28.7 Å². The van der Waals surface area contributed by atoms with E-state index < -0.39 is 30.7 Å². The molecule has 1 heterocycles. The molecule has 0 aromatic heterocycles. The second-order valence-corrected chi connectivity index (χ2v) is 7.91. The standard InChI is InChI=1S/C11H14FNO5S2/c1-11(6-7-18-8-11)13-20(16,17)10-4-2-9(3-5-10)19(12,14)15/h2-5,13H,6-8H2,1H3. The molecule has 6 nitrogen and oxygen atoms in total. The fourth-order valence-electron chi connectivity index (χ4n) is 1.91. The van der Waals surface area contributed by atoms with Crippen LogP contribution in [0.3, 0.4) is 0 Å². The minimum absolute atomic E-state index is 0.127. The molecule has 1 aliphatic heterocycles. The smallest absolute Gasteiger partial charge is 0.332 e. The van der Waals surface area contributed by atoms with Crippen LogP contribution in [0.4, 0.5) is 3.89 Å². The van der Waals surface area contributed by atoms with Crippen LogP contribution in [0, 0.1) is 0 Å². The van der Waals surface area contributed by atoms with E-state index in [9.17, 15) is 20.7 Å². The number of rotatable bonds is 4. The van der Waals surface area contributed by atoms with Gasteiger partial charge < -0.3 is 4.74 Å². The molecule has 9 heteroatoms. The van der Waals surface area contributed by atoms with Crippen LogP contribution in [0.5, 0.6) is 0 Å². The average Bonchev–Trinajstić information content (AvgIpc) is 2.74. The SMILES string of the molecule is CC1(NS(=O)(=O)c2ccc(S(=O)(=O)F)cc2)CCOC1. The van der Waals surface area contributed by atoms with Gasteiger partial charge in [0.1, 0.15) is 0 Å². The molecule has 0 amide bonds. The highest BCUT2D eigenvalue weighted by Crippen LogP contribution is 2.22. The van der Waals surface area contributed by atoms with Gasteiger partial charge in [-0.2, -0.15) is 8.42 Å². The molecule has 1 saturated heterocycles. The first-order valence-electron chi connectivity index (χ1n) is 5.79. The third kappa shape index (κ3) is 3.35. The van der Waals surface area contributed by atoms with Crippen LogP contribution in [-0.2, 0) is 25.0 Å². The van der Waals surface area contributed by atoms with Gasteiger partial charge in [0.15, 0.2) is 0 Å². The molecule has 0 bridgehead atoms. The van der Waals surface area contributed by atoms with Crippen molar-refractivity contribution in [3.05, 3.63) is 24.3 Å². The maximum Gasteiger partial charge on any atom is 0.332 e. The van der Waals surface area contributed by atoms with E-state index in [0.717, 1.165) is 24.3 Å². The zero-order valence-electron chi connectivity index (χ0n) is 10.7. The summed E-state index contributed by atoms with van der Waals surface area (Å²) in [6.45, 7) is 2.46. The second kappa shape index (κ2) is 5.06. The van der Waals surface area contributed by atoms with Crippen molar-refractivity contribution < 1.29 is 25.5 Å². The Morgan fingerprint density at radius 1 is 1.15 bits per heavy atom. The molecule has 1 fully saturated rings. The van der Waals surface area contributed by atoms with Gasteiger partial charge in [-0.15, -0.1) is 3.89 Å². The fraction of sp³-hybridized carbons (Fsp3) is 0.455. The summed E-state index contributed by atoms with van der Waals surface area (Å²) in [5, 5.41) is 0. The molecule has 1 aliphatic rings. The summed E-state index contributed by atoms with van der Waals surface area (Å²) in [6.07, 6.45) is 0.545. The Hall–Kier alpha value is -1.03. The number of ether oxygens (including phenoxy) is 1. The van der Waals surface area contributed by atoms with E-state index >= 15 is 0 Å². The predicted molar refractivity (Wildman–Crippen MR) is 68.9 cm³/mol. The van der Waals surface area contributed by atoms with Gasteiger partial charge in [-0.3, -0.25) is 0 Å². The van der Waals surface area contributed by atoms with Gasteiger partial charge in [-0.05, 0) is 37.6 Å². The van der Waals surface area contributed by atoms with E-state index in [1.165, 1.54) is 0 Å². The van der Waals surface area contributed by atoms with Crippen LogP contribution in [-0.4, -0.2) is 35.6 Å². The maximum absolute atomic E-state index is 12.7. The molecular weight excluding hydrogens is 309 g/mol. The van der Waals surface area contributed by atoms with E-state index in [-0.39, 0.29) is 11.5 Å². The van der Waals surface area contributed by atoms with Crippen molar-refractivity contribution >= 4 is 20.2 Å². The number of hydrogen-bond acceptors (Lipinski definition) is 5. The van der Waals surface area contributed by atoms with Crippen LogP contribution in [0.15, 0.2) is 34.1 Å². The molecule has 0 spiro atoms. The highest BCUT2D eigenvalue weighted by molar-refractivity contribution is 7.89. The summed E-state index contributed by atoms with van der Waals surface area (Å²) in [7, 11) is -8.65. The van der Waals surface area contributed by atoms with Crippen LogP contribution in [0.2, 0.25) is 0 Å². The van der Waals surface area contributed by atoms with Gasteiger partial charge >= 0.3 is 10.2 Å². The zero-order chi connectivity index (χ0) is 15.0. The minimum atomic E-state index is -4.83. The molecule has 20 heavy (non-hydrogen) atoms. The second-order valence-electron chi connectivity index (χ2n) is 4.88. The van der Waals surface area contributed by atoms with Crippen molar-refractivity contribution in [3.8, 4) is 0 Å². The molecule has 0 saturated carbocycles. The van der Waals surface area contributed by atoms with E-state index in [4.69, 9.17) is 4.74 Å². The lowest BCUT2D eigenvalue weighted by Gasteiger charge is -2.23. The molecule has 1 atom stereocenters. The summed E-state index contributed by atoms with van der Waals surface area (Å²) < 4.78 is 66.0. The first-order valence-corrected chi connectivity index (χ1v) is 8.66. The van der Waals surface area contributed by atoms with E-state index in [1.54, 1.807) is 6.92 Å². The molecule has 2 rings (SSSR count). The molecule has 0 radical (unpaired) electrons. The average molecular weight is 323 g/mol. The summed E-state index contributed by atoms with van der Waals surface area (Å²) in [6, 6.07) is 3.93. The number of hydrogen-bond donors (Lipinski definition) is 1. The number of nitrogens with one attached hydrogen (secondary N) is 1. The van der Waals surface area contributed by atoms with Gasteiger partial charge in [-0.1, -0.05) is 0 Å². The third-order valence-electron chi connectivity index (χ3n) is 3.02. The predicted octanol–water partition coefficient (Wildman–Crippen LogP) is 0.802. The van der Waals surface area contributed by atoms with Crippen LogP contribution in [0.25, 0.3) is 0 Å². The van der Waals surface area contributed by atoms with Gasteiger partial charge in [-0.25, -0.2) is 13.1 Å². The minimum Gasteiger partial charge on any atom is -0.379 e. The van der Waals surface area contributed by atoms with E-state index in [0.29, 0.717) is 13.0 Å². The van der Waals surface area contributed by atoms with Crippen molar-refractivity contribution in [2.24, 2.45) is 0 Å². The Balaban J connectivity index is 2.26. The van der Waals surface area contributed by atoms with Gasteiger partial charge in [0.25, 0.3) is 0 Å². The van der Waals surface area contributed by atoms with Crippen LogP contribution in [0.1, 0.15) is 13.3 Å². The van der Waals surface area contributed by atoms with Crippen LogP contribution < -0.4 is 4.72 Å². The Bertz CT molecular complexity index is 691. The normalized spacial score (nSPS) is 23.9. The summed E-state index contributed by atoms with van der Waals surface area (Å²) in [5.41, 5.74) is -0.691. The Morgan fingerprint density at radius 3 is 2.15 bits per heavy atom. The van der Waals surface area contributed by atoms with Crippen molar-refractivity contribution in [2.75, 3.05) is 13.2 Å². The van der Waals surface area contributed by atoms with Gasteiger partial charge in [0, 0.05) is 6.61 Å². The number of halogens is 1. The van der Waals surface area contributed by atoms with Gasteiger partial charge in [0.2, 0.25) is 10.0 Å². The topological polar surface area (TPSA) is 89.5 Å². The Labute approximate surface area is 117 Å². The largest absolute Gasteiger partial charge is 0.379 e. The zero-order valence-corrected chi connectivity index (χ0v) is 12.3. The van der Waals surface area contributed by atoms with Crippen molar-refractivity contribution in [1.82, 2.24) is 4.72 Å². The third-order valence-corrected chi connectivity index (χ3v) is 5.50. The van der Waals surface area contributed by atoms with E-state index in [1.807, 2.05) is 0 Å². The Morgan fingerprint density at radius 2 is 1.70 bits per heavy atom. The molecular formula is C11H14FNO5S2. The van der Waals surface area contributed by atoms with Crippen LogP contribution >= 0.6 is 0 Å². The quantitative estimate of drug-likeness (QED) is 0.828. The fourth-order valence-corrected chi connectivity index (χ4v) is 3.80. The van der Waals surface area contributed by atoms with Crippen molar-refractivity contribution in [1.29, 1.82) is 0 Å². The first kappa shape index (κ1) is 15.4. The first-order chi connectivity index (χ1) is 9.12. The molecule has 112 valence electrons. The summed E-state index contributed by atoms with van der Waals surface area (Å²) >= 11 is 0. The molecule has 1 unspecified atom stereocenters. The summed E-state index contributed by atoms with van der Waals surface area (Å²) in [4.78, 5) is -0.704. The maximum atomic E-state index is 12.7. The summed E-state index contributed by atoms with van der Waals surface area (Å²) in [5.74, 6) is 0.